The Morgan fingerprint density at radius 2 is 1.85 bits per heavy atom. The number of carboxylic acids is 1. The van der Waals surface area contributed by atoms with Crippen molar-refractivity contribution >= 4 is 23.5 Å². The molecule has 8 nitrogen and oxygen atoms in total. The van der Waals surface area contributed by atoms with Crippen molar-refractivity contribution in [2.45, 2.75) is 57.7 Å². The Morgan fingerprint density at radius 3 is 2.59 bits per heavy atom. The molecule has 0 radical (unpaired) electrons. The average Bonchev–Trinajstić information content (AvgIpc) is 3.30. The molecule has 1 heterocycles. The van der Waals surface area contributed by atoms with Crippen LogP contribution < -0.4 is 10.6 Å². The molecule has 200 valence electrons. The van der Waals surface area contributed by atoms with Crippen LogP contribution in [-0.4, -0.2) is 35.0 Å². The van der Waals surface area contributed by atoms with Crippen molar-refractivity contribution in [2.24, 2.45) is 5.73 Å². The van der Waals surface area contributed by atoms with E-state index in [1.807, 2.05) is 37.3 Å². The number of anilines is 1. The number of nitrogens with zero attached hydrogens (tertiary/aromatic N) is 2. The van der Waals surface area contributed by atoms with Crippen LogP contribution in [0.3, 0.4) is 0 Å². The number of aromatic carboxylic acids is 1. The molecule has 0 spiro atoms. The van der Waals surface area contributed by atoms with E-state index in [1.165, 1.54) is 4.90 Å². The van der Waals surface area contributed by atoms with Crippen LogP contribution in [-0.2, 0) is 29.0 Å². The summed E-state index contributed by atoms with van der Waals surface area (Å²) in [5, 5.41) is 19.4. The Morgan fingerprint density at radius 1 is 1.08 bits per heavy atom. The summed E-state index contributed by atoms with van der Waals surface area (Å²) in [5.74, 6) is -1.83. The van der Waals surface area contributed by atoms with E-state index in [4.69, 9.17) is 10.5 Å². The van der Waals surface area contributed by atoms with Gasteiger partial charge in [-0.25, -0.2) is 9.59 Å². The van der Waals surface area contributed by atoms with Gasteiger partial charge in [-0.15, -0.1) is 0 Å². The van der Waals surface area contributed by atoms with Crippen molar-refractivity contribution < 1.29 is 24.2 Å². The van der Waals surface area contributed by atoms with E-state index in [0.29, 0.717) is 43.4 Å². The Hall–Kier alpha value is -4.48. The molecule has 2 atom stereocenters. The van der Waals surface area contributed by atoms with Gasteiger partial charge in [0.1, 0.15) is 12.6 Å². The van der Waals surface area contributed by atoms with Crippen LogP contribution in [0, 0.1) is 18.3 Å². The molecule has 1 aliphatic rings. The fourth-order valence-electron chi connectivity index (χ4n) is 4.85. The van der Waals surface area contributed by atoms with Gasteiger partial charge in [0.25, 0.3) is 0 Å². The van der Waals surface area contributed by atoms with Crippen LogP contribution in [0.5, 0.6) is 0 Å². The molecule has 0 aromatic heterocycles. The quantitative estimate of drug-likeness (QED) is 0.277. The smallest absolute Gasteiger partial charge is 0.338 e. The van der Waals surface area contributed by atoms with Crippen molar-refractivity contribution in [2.75, 3.05) is 4.90 Å². The summed E-state index contributed by atoms with van der Waals surface area (Å²) >= 11 is 0. The van der Waals surface area contributed by atoms with Crippen molar-refractivity contribution in [1.82, 2.24) is 0 Å². The van der Waals surface area contributed by atoms with E-state index in [-0.39, 0.29) is 12.2 Å². The number of nitrogens with two attached hydrogens (primary N) is 1. The number of unbranched alkanes of at least 4 members (excludes halogenated alkanes) is 1. The molecular weight excluding hydrogens is 494 g/mol. The number of aryl methyl sites for hydroxylation is 2. The number of hydrogen-bond donors (Lipinski definition) is 2. The minimum atomic E-state index is -0.976. The summed E-state index contributed by atoms with van der Waals surface area (Å²) in [5.41, 5.74) is 11.1. The summed E-state index contributed by atoms with van der Waals surface area (Å²) in [6.07, 6.45) is 2.67. The lowest BCUT2D eigenvalue weighted by atomic mass is 9.99. The number of nitriles is 1. The first-order valence-electron chi connectivity index (χ1n) is 12.9. The Labute approximate surface area is 227 Å². The highest BCUT2D eigenvalue weighted by atomic mass is 16.5. The maximum Gasteiger partial charge on any atom is 0.338 e. The van der Waals surface area contributed by atoms with Gasteiger partial charge >= 0.3 is 11.9 Å². The van der Waals surface area contributed by atoms with Crippen molar-refractivity contribution in [3.8, 4) is 6.07 Å². The summed E-state index contributed by atoms with van der Waals surface area (Å²) in [6.45, 7) is 2.15. The van der Waals surface area contributed by atoms with Crippen LogP contribution in [0.25, 0.3) is 0 Å². The van der Waals surface area contributed by atoms with E-state index in [0.717, 1.165) is 22.3 Å². The molecule has 0 fully saturated rings. The molecule has 8 heteroatoms. The van der Waals surface area contributed by atoms with Crippen molar-refractivity contribution in [1.29, 1.82) is 5.26 Å². The minimum absolute atomic E-state index is 0.181. The van der Waals surface area contributed by atoms with E-state index in [2.05, 4.69) is 6.07 Å². The lowest BCUT2D eigenvalue weighted by Gasteiger charge is -2.30. The summed E-state index contributed by atoms with van der Waals surface area (Å²) in [6, 6.07) is 20.2. The maximum absolute atomic E-state index is 13.7. The zero-order valence-corrected chi connectivity index (χ0v) is 21.8. The molecule has 1 amide bonds. The number of benzene rings is 3. The highest BCUT2D eigenvalue weighted by Crippen LogP contribution is 2.28. The fraction of sp³-hybridized carbons (Fsp3) is 0.290. The van der Waals surface area contributed by atoms with Gasteiger partial charge in [-0.1, -0.05) is 48.0 Å². The second kappa shape index (κ2) is 12.4. The number of esters is 1. The number of carbonyl (C=O) groups excluding carboxylic acids is 2. The number of fused-ring (bicyclic) bond motifs is 1. The Balaban J connectivity index is 1.52. The molecule has 0 bridgehead atoms. The van der Waals surface area contributed by atoms with Crippen LogP contribution in [0.2, 0.25) is 0 Å². The molecule has 4 rings (SSSR count). The van der Waals surface area contributed by atoms with E-state index in [9.17, 15) is 24.8 Å². The number of rotatable bonds is 11. The fourth-order valence-corrected chi connectivity index (χ4v) is 4.85. The summed E-state index contributed by atoms with van der Waals surface area (Å²) in [4.78, 5) is 38.6. The van der Waals surface area contributed by atoms with Gasteiger partial charge in [0.15, 0.2) is 0 Å². The lowest BCUT2D eigenvalue weighted by Crippen LogP contribution is -2.49. The lowest BCUT2D eigenvalue weighted by molar-refractivity contribution is -0.120. The van der Waals surface area contributed by atoms with Crippen molar-refractivity contribution in [3.05, 3.63) is 100 Å². The third-order valence-electron chi connectivity index (χ3n) is 6.87. The van der Waals surface area contributed by atoms with Crippen molar-refractivity contribution in [3.63, 3.8) is 0 Å². The first-order chi connectivity index (χ1) is 18.8. The second-order valence-corrected chi connectivity index (χ2v) is 9.82. The third kappa shape index (κ3) is 6.70. The highest BCUT2D eigenvalue weighted by Gasteiger charge is 2.31. The molecule has 3 N–H and O–H groups in total. The molecule has 1 aliphatic heterocycles. The van der Waals surface area contributed by atoms with Crippen LogP contribution >= 0.6 is 0 Å². The van der Waals surface area contributed by atoms with Crippen LogP contribution in [0.15, 0.2) is 66.7 Å². The molecule has 0 saturated heterocycles. The number of cyclic esters (lactones) is 1. The van der Waals surface area contributed by atoms with Gasteiger partial charge in [-0.2, -0.15) is 5.26 Å². The average molecular weight is 526 g/mol. The predicted octanol–water partition coefficient (Wildman–Crippen LogP) is 4.57. The van der Waals surface area contributed by atoms with Gasteiger partial charge in [0.05, 0.1) is 23.2 Å². The molecular formula is C31H31N3O5. The SMILES string of the molecule is Cc1cccc(C[C@H](N)C(=O)N(c2ccc3c(c2)C(=O)OC3)C(C#N)CCCCc2cccc(C(=O)O)c2)c1. The van der Waals surface area contributed by atoms with E-state index >= 15 is 0 Å². The molecule has 0 saturated carbocycles. The van der Waals surface area contributed by atoms with Gasteiger partial charge in [-0.05, 0) is 74.4 Å². The number of carbonyl (C=O) groups is 3. The Kier molecular flexibility index (Phi) is 8.74. The molecule has 3 aromatic carbocycles. The first-order valence-corrected chi connectivity index (χ1v) is 12.9. The summed E-state index contributed by atoms with van der Waals surface area (Å²) < 4.78 is 5.12. The molecule has 3 aromatic rings. The monoisotopic (exact) mass is 525 g/mol. The number of hydrogen-bond acceptors (Lipinski definition) is 6. The number of amides is 1. The normalized spacial score (nSPS) is 13.6. The third-order valence-corrected chi connectivity index (χ3v) is 6.87. The van der Waals surface area contributed by atoms with Gasteiger partial charge in [0.2, 0.25) is 5.91 Å². The second-order valence-electron chi connectivity index (χ2n) is 9.82. The topological polar surface area (TPSA) is 134 Å². The molecule has 1 unspecified atom stereocenters. The van der Waals surface area contributed by atoms with Gasteiger partial charge in [-0.3, -0.25) is 9.69 Å². The molecule has 0 aliphatic carbocycles. The van der Waals surface area contributed by atoms with Crippen LogP contribution in [0.1, 0.15) is 62.2 Å². The standard InChI is InChI=1S/C31H31N3O5/c1-20-6-4-9-22(14-20)16-28(33)29(35)34(25-13-12-24-19-39-31(38)27(24)17-25)26(18-32)11-3-2-7-21-8-5-10-23(15-21)30(36)37/h4-6,8-10,12-15,17,26,28H,2-3,7,11,16,19,33H2,1H3,(H,36,37)/t26?,28-/m0/s1. The van der Waals surface area contributed by atoms with Crippen LogP contribution in [0.4, 0.5) is 5.69 Å². The maximum atomic E-state index is 13.7. The van der Waals surface area contributed by atoms with Gasteiger partial charge < -0.3 is 15.6 Å². The summed E-state index contributed by atoms with van der Waals surface area (Å²) in [7, 11) is 0. The van der Waals surface area contributed by atoms with E-state index in [1.54, 1.807) is 36.4 Å². The number of carboxylic acid groups (broad SMARTS) is 1. The first kappa shape index (κ1) is 27.6. The largest absolute Gasteiger partial charge is 0.478 e. The van der Waals surface area contributed by atoms with Gasteiger partial charge in [0, 0.05) is 11.3 Å². The predicted molar refractivity (Wildman–Crippen MR) is 146 cm³/mol. The van der Waals surface area contributed by atoms with E-state index < -0.39 is 29.9 Å². The highest BCUT2D eigenvalue weighted by molar-refractivity contribution is 6.00. The zero-order valence-electron chi connectivity index (χ0n) is 21.8. The molecule has 39 heavy (non-hydrogen) atoms. The number of ether oxygens (including phenoxy) is 1. The minimum Gasteiger partial charge on any atom is -0.478 e. The zero-order chi connectivity index (χ0) is 27.9. The Bertz CT molecular complexity index is 1430.